The van der Waals surface area contributed by atoms with E-state index < -0.39 is 9.84 Å². The standard InChI is InChI=1S/C17H20O5S/c1-20-14-7-9-15(10-8-14)21-11-4-12-22-16-5-3-6-17(13-16)23(2,18)19/h3,5-10,13H,4,11-12H2,1-2H3. The number of rotatable bonds is 8. The van der Waals surface area contributed by atoms with Crippen LogP contribution >= 0.6 is 0 Å². The Kier molecular flexibility index (Phi) is 5.87. The van der Waals surface area contributed by atoms with Crippen molar-refractivity contribution < 1.29 is 22.6 Å². The second-order valence-electron chi connectivity index (χ2n) is 4.97. The Labute approximate surface area is 136 Å². The first-order chi connectivity index (χ1) is 11.0. The van der Waals surface area contributed by atoms with Crippen molar-refractivity contribution in [2.24, 2.45) is 0 Å². The molecule has 2 aromatic carbocycles. The summed E-state index contributed by atoms with van der Waals surface area (Å²) in [7, 11) is -1.60. The van der Waals surface area contributed by atoms with Crippen LogP contribution in [-0.2, 0) is 9.84 Å². The van der Waals surface area contributed by atoms with Gasteiger partial charge in [0.1, 0.15) is 17.2 Å². The maximum absolute atomic E-state index is 11.5. The van der Waals surface area contributed by atoms with Gasteiger partial charge in [-0.15, -0.1) is 0 Å². The third-order valence-corrected chi connectivity index (χ3v) is 4.23. The van der Waals surface area contributed by atoms with Gasteiger partial charge in [0.2, 0.25) is 0 Å². The normalized spacial score (nSPS) is 11.0. The second kappa shape index (κ2) is 7.87. The summed E-state index contributed by atoms with van der Waals surface area (Å²) < 4.78 is 39.2. The molecule has 0 N–H and O–H groups in total. The molecule has 2 aromatic rings. The molecular formula is C17H20O5S. The first-order valence-electron chi connectivity index (χ1n) is 7.19. The Balaban J connectivity index is 1.75. The van der Waals surface area contributed by atoms with Gasteiger partial charge in [0.25, 0.3) is 0 Å². The summed E-state index contributed by atoms with van der Waals surface area (Å²) in [6.07, 6.45) is 1.87. The van der Waals surface area contributed by atoms with Gasteiger partial charge in [0.05, 0.1) is 25.2 Å². The molecule has 0 atom stereocenters. The molecule has 0 unspecified atom stereocenters. The van der Waals surface area contributed by atoms with Crippen molar-refractivity contribution in [2.75, 3.05) is 26.6 Å². The van der Waals surface area contributed by atoms with Crippen LogP contribution in [0.15, 0.2) is 53.4 Å². The second-order valence-corrected chi connectivity index (χ2v) is 6.99. The highest BCUT2D eigenvalue weighted by atomic mass is 32.2. The molecular weight excluding hydrogens is 316 g/mol. The van der Waals surface area contributed by atoms with Crippen LogP contribution < -0.4 is 14.2 Å². The van der Waals surface area contributed by atoms with Crippen molar-refractivity contribution in [1.82, 2.24) is 0 Å². The zero-order valence-electron chi connectivity index (χ0n) is 13.2. The van der Waals surface area contributed by atoms with E-state index in [1.807, 2.05) is 24.3 Å². The van der Waals surface area contributed by atoms with Crippen molar-refractivity contribution in [3.05, 3.63) is 48.5 Å². The first-order valence-corrected chi connectivity index (χ1v) is 9.08. The zero-order valence-corrected chi connectivity index (χ0v) is 14.0. The smallest absolute Gasteiger partial charge is 0.175 e. The number of sulfone groups is 1. The van der Waals surface area contributed by atoms with Gasteiger partial charge in [-0.2, -0.15) is 0 Å². The summed E-state index contributed by atoms with van der Waals surface area (Å²) in [5.74, 6) is 2.09. The number of hydrogen-bond donors (Lipinski definition) is 0. The van der Waals surface area contributed by atoms with Crippen LogP contribution in [0.5, 0.6) is 17.2 Å². The van der Waals surface area contributed by atoms with Crippen LogP contribution in [0.2, 0.25) is 0 Å². The van der Waals surface area contributed by atoms with Gasteiger partial charge in [0.15, 0.2) is 9.84 Å². The molecule has 0 aliphatic heterocycles. The predicted molar refractivity (Wildman–Crippen MR) is 88.2 cm³/mol. The molecule has 0 radical (unpaired) electrons. The van der Waals surface area contributed by atoms with E-state index in [2.05, 4.69) is 0 Å². The number of methoxy groups -OCH3 is 1. The van der Waals surface area contributed by atoms with E-state index in [9.17, 15) is 8.42 Å². The van der Waals surface area contributed by atoms with E-state index in [1.54, 1.807) is 25.3 Å². The van der Waals surface area contributed by atoms with E-state index in [0.29, 0.717) is 25.4 Å². The van der Waals surface area contributed by atoms with Crippen molar-refractivity contribution in [2.45, 2.75) is 11.3 Å². The van der Waals surface area contributed by atoms with Crippen LogP contribution in [-0.4, -0.2) is 35.0 Å². The maximum atomic E-state index is 11.5. The molecule has 0 saturated carbocycles. The van der Waals surface area contributed by atoms with Crippen LogP contribution in [0.25, 0.3) is 0 Å². The van der Waals surface area contributed by atoms with Crippen LogP contribution in [0.1, 0.15) is 6.42 Å². The molecule has 5 nitrogen and oxygen atoms in total. The minimum absolute atomic E-state index is 0.254. The topological polar surface area (TPSA) is 61.8 Å². The van der Waals surface area contributed by atoms with Gasteiger partial charge in [-0.05, 0) is 42.5 Å². The van der Waals surface area contributed by atoms with Crippen molar-refractivity contribution in [3.8, 4) is 17.2 Å². The third kappa shape index (κ3) is 5.49. The molecule has 0 saturated heterocycles. The van der Waals surface area contributed by atoms with Gasteiger partial charge in [-0.3, -0.25) is 0 Å². The van der Waals surface area contributed by atoms with E-state index in [-0.39, 0.29) is 4.90 Å². The van der Waals surface area contributed by atoms with Gasteiger partial charge in [0, 0.05) is 12.7 Å². The highest BCUT2D eigenvalue weighted by Gasteiger charge is 2.07. The third-order valence-electron chi connectivity index (χ3n) is 3.12. The molecule has 0 spiro atoms. The minimum atomic E-state index is -3.22. The van der Waals surface area contributed by atoms with Crippen LogP contribution in [0.3, 0.4) is 0 Å². The summed E-state index contributed by atoms with van der Waals surface area (Å²) in [6, 6.07) is 13.8. The molecule has 0 heterocycles. The van der Waals surface area contributed by atoms with Gasteiger partial charge in [-0.25, -0.2) is 8.42 Å². The molecule has 0 aliphatic rings. The monoisotopic (exact) mass is 336 g/mol. The summed E-state index contributed by atoms with van der Waals surface area (Å²) in [4.78, 5) is 0.254. The summed E-state index contributed by atoms with van der Waals surface area (Å²) in [5, 5.41) is 0. The minimum Gasteiger partial charge on any atom is -0.497 e. The molecule has 2 rings (SSSR count). The molecule has 0 aromatic heterocycles. The Bertz CT molecular complexity index is 723. The highest BCUT2D eigenvalue weighted by Crippen LogP contribution is 2.18. The molecule has 0 aliphatic carbocycles. The van der Waals surface area contributed by atoms with E-state index in [0.717, 1.165) is 11.5 Å². The summed E-state index contributed by atoms with van der Waals surface area (Å²) >= 11 is 0. The van der Waals surface area contributed by atoms with E-state index in [4.69, 9.17) is 14.2 Å². The van der Waals surface area contributed by atoms with Gasteiger partial charge in [-0.1, -0.05) is 6.07 Å². The molecule has 124 valence electrons. The Hall–Kier alpha value is -2.21. The summed E-state index contributed by atoms with van der Waals surface area (Å²) in [5.41, 5.74) is 0. The van der Waals surface area contributed by atoms with E-state index >= 15 is 0 Å². The lowest BCUT2D eigenvalue weighted by Crippen LogP contribution is -2.05. The fraction of sp³-hybridized carbons (Fsp3) is 0.294. The molecule has 0 amide bonds. The highest BCUT2D eigenvalue weighted by molar-refractivity contribution is 7.90. The number of ether oxygens (including phenoxy) is 3. The van der Waals surface area contributed by atoms with Crippen LogP contribution in [0, 0.1) is 0 Å². The fourth-order valence-electron chi connectivity index (χ4n) is 1.91. The average Bonchev–Trinajstić information content (AvgIpc) is 2.54. The first kappa shape index (κ1) is 17.1. The average molecular weight is 336 g/mol. The number of hydrogen-bond acceptors (Lipinski definition) is 5. The van der Waals surface area contributed by atoms with Crippen molar-refractivity contribution >= 4 is 9.84 Å². The van der Waals surface area contributed by atoms with E-state index in [1.165, 1.54) is 12.3 Å². The zero-order chi connectivity index (χ0) is 16.7. The fourth-order valence-corrected chi connectivity index (χ4v) is 2.56. The van der Waals surface area contributed by atoms with Gasteiger partial charge < -0.3 is 14.2 Å². The maximum Gasteiger partial charge on any atom is 0.175 e. The Morgan fingerprint density at radius 1 is 0.870 bits per heavy atom. The largest absolute Gasteiger partial charge is 0.497 e. The van der Waals surface area contributed by atoms with Crippen molar-refractivity contribution in [3.63, 3.8) is 0 Å². The lowest BCUT2D eigenvalue weighted by Gasteiger charge is -2.09. The lowest BCUT2D eigenvalue weighted by atomic mass is 10.3. The van der Waals surface area contributed by atoms with Crippen LogP contribution in [0.4, 0.5) is 0 Å². The molecule has 6 heteroatoms. The van der Waals surface area contributed by atoms with Gasteiger partial charge >= 0.3 is 0 Å². The summed E-state index contributed by atoms with van der Waals surface area (Å²) in [6.45, 7) is 0.960. The quantitative estimate of drug-likeness (QED) is 0.694. The molecule has 0 bridgehead atoms. The predicted octanol–water partition coefficient (Wildman–Crippen LogP) is 2.95. The molecule has 0 fully saturated rings. The Morgan fingerprint density at radius 3 is 2.09 bits per heavy atom. The van der Waals surface area contributed by atoms with Crippen molar-refractivity contribution in [1.29, 1.82) is 0 Å². The number of benzene rings is 2. The molecule has 23 heavy (non-hydrogen) atoms. The SMILES string of the molecule is COc1ccc(OCCCOc2cccc(S(C)(=O)=O)c2)cc1. The lowest BCUT2D eigenvalue weighted by molar-refractivity contribution is 0.247. The Morgan fingerprint density at radius 2 is 1.48 bits per heavy atom.